The first kappa shape index (κ1) is 80.3. The Morgan fingerprint density at radius 1 is 0.417 bits per heavy atom. The number of rotatable bonds is 62. The van der Waals surface area contributed by atoms with E-state index in [1.807, 2.05) is 21.6 Å². The van der Waals surface area contributed by atoms with Gasteiger partial charge in [0.2, 0.25) is 0 Å². The van der Waals surface area contributed by atoms with Crippen LogP contribution in [0, 0.1) is 0 Å². The summed E-state index contributed by atoms with van der Waals surface area (Å²) in [5, 5.41) is 44.1. The number of nitrogens with zero attached hydrogens (tertiary/aromatic N) is 4. The summed E-state index contributed by atoms with van der Waals surface area (Å²) in [7, 11) is 3.92. The summed E-state index contributed by atoms with van der Waals surface area (Å²) >= 11 is 0. The number of allylic oxidation sites excluding steroid dienone is 12. The van der Waals surface area contributed by atoms with Crippen molar-refractivity contribution in [1.29, 1.82) is 0 Å². The molecule has 4 unspecified atom stereocenters. The second-order valence-corrected chi connectivity index (χ2v) is 26.9. The summed E-state index contributed by atoms with van der Waals surface area (Å²) in [6.07, 6.45) is 64.3. The molecule has 0 aromatic heterocycles. The van der Waals surface area contributed by atoms with Crippen LogP contribution >= 0.6 is 21.6 Å². The van der Waals surface area contributed by atoms with E-state index in [4.69, 9.17) is 4.74 Å². The summed E-state index contributed by atoms with van der Waals surface area (Å²) in [4.78, 5) is 22.3. The SMILES string of the molecule is CC/C=C\C/C=C\C/C=C\CCCCCCC(O)CN(CCCSSCCN1CCN(CCOC(=O)CCCCN(CC(O)CCCCCCCC)CC(O)CCCCCCCC)CC1)CC(O)CCCCCC/C=C\C/C=C\C/C=C\CC. The zero-order chi connectivity index (χ0) is 60.9. The van der Waals surface area contributed by atoms with E-state index in [-0.39, 0.29) is 30.4 Å². The summed E-state index contributed by atoms with van der Waals surface area (Å²) in [6, 6.07) is 0. The Hall–Kier alpha value is -1.71. The van der Waals surface area contributed by atoms with Gasteiger partial charge in [-0.15, -0.1) is 0 Å². The largest absolute Gasteiger partial charge is 0.464 e. The van der Waals surface area contributed by atoms with Crippen molar-refractivity contribution in [2.45, 2.75) is 283 Å². The molecule has 4 N–H and O–H groups in total. The molecular formula is C72H134N4O6S2. The Morgan fingerprint density at radius 2 is 0.774 bits per heavy atom. The van der Waals surface area contributed by atoms with Crippen LogP contribution in [0.2, 0.25) is 0 Å². The van der Waals surface area contributed by atoms with Crippen molar-refractivity contribution in [3.05, 3.63) is 72.9 Å². The van der Waals surface area contributed by atoms with E-state index in [1.54, 1.807) is 0 Å². The lowest BCUT2D eigenvalue weighted by atomic mass is 10.1. The van der Waals surface area contributed by atoms with E-state index in [0.717, 1.165) is 199 Å². The molecule has 1 saturated heterocycles. The lowest BCUT2D eigenvalue weighted by molar-refractivity contribution is -0.144. The highest BCUT2D eigenvalue weighted by atomic mass is 33.1. The van der Waals surface area contributed by atoms with Crippen molar-refractivity contribution in [2.24, 2.45) is 0 Å². The van der Waals surface area contributed by atoms with Crippen LogP contribution in [0.4, 0.5) is 0 Å². The number of aliphatic hydroxyl groups is 4. The van der Waals surface area contributed by atoms with E-state index < -0.39 is 0 Å². The highest BCUT2D eigenvalue weighted by Crippen LogP contribution is 2.23. The van der Waals surface area contributed by atoms with Crippen LogP contribution in [0.25, 0.3) is 0 Å². The molecule has 12 heteroatoms. The summed E-state index contributed by atoms with van der Waals surface area (Å²) < 4.78 is 5.70. The lowest BCUT2D eigenvalue weighted by Gasteiger charge is -2.34. The topological polar surface area (TPSA) is 120 Å². The second-order valence-electron chi connectivity index (χ2n) is 24.2. The van der Waals surface area contributed by atoms with Gasteiger partial charge in [0.1, 0.15) is 6.61 Å². The van der Waals surface area contributed by atoms with Gasteiger partial charge in [0, 0.05) is 83.4 Å². The molecule has 0 amide bonds. The molecule has 0 aromatic rings. The van der Waals surface area contributed by atoms with Crippen LogP contribution in [-0.2, 0) is 9.53 Å². The predicted molar refractivity (Wildman–Crippen MR) is 369 cm³/mol. The van der Waals surface area contributed by atoms with E-state index in [1.165, 1.54) is 89.9 Å². The Balaban J connectivity index is 2.40. The van der Waals surface area contributed by atoms with E-state index in [2.05, 4.69) is 120 Å². The van der Waals surface area contributed by atoms with E-state index in [0.29, 0.717) is 39.2 Å². The molecule has 10 nitrogen and oxygen atoms in total. The fourth-order valence-corrected chi connectivity index (χ4v) is 13.0. The number of aliphatic hydroxyl groups excluding tert-OH is 4. The van der Waals surface area contributed by atoms with Gasteiger partial charge in [0.05, 0.1) is 24.4 Å². The number of hydrogen-bond acceptors (Lipinski definition) is 12. The van der Waals surface area contributed by atoms with E-state index >= 15 is 0 Å². The maximum absolute atomic E-state index is 12.7. The molecule has 0 aliphatic carbocycles. The Bertz CT molecular complexity index is 1510. The number of unbranched alkanes of at least 4 members (excludes halogenated alkanes) is 19. The monoisotopic (exact) mass is 1210 g/mol. The molecule has 4 atom stereocenters. The fourth-order valence-electron chi connectivity index (χ4n) is 10.9. The first-order valence-electron chi connectivity index (χ1n) is 35.1. The lowest BCUT2D eigenvalue weighted by Crippen LogP contribution is -2.47. The number of esters is 1. The molecule has 84 heavy (non-hydrogen) atoms. The van der Waals surface area contributed by atoms with Crippen molar-refractivity contribution in [2.75, 3.05) is 96.6 Å². The third-order valence-electron chi connectivity index (χ3n) is 16.1. The quantitative estimate of drug-likeness (QED) is 0.0201. The summed E-state index contributed by atoms with van der Waals surface area (Å²) in [5.74, 6) is 2.03. The van der Waals surface area contributed by atoms with Crippen LogP contribution in [0.1, 0.15) is 259 Å². The van der Waals surface area contributed by atoms with Crippen LogP contribution in [0.5, 0.6) is 0 Å². The Morgan fingerprint density at radius 3 is 1.20 bits per heavy atom. The molecule has 1 aliphatic rings. The van der Waals surface area contributed by atoms with Crippen molar-refractivity contribution < 1.29 is 30.0 Å². The smallest absolute Gasteiger partial charge is 0.305 e. The van der Waals surface area contributed by atoms with Crippen molar-refractivity contribution in [3.63, 3.8) is 0 Å². The van der Waals surface area contributed by atoms with Crippen LogP contribution < -0.4 is 0 Å². The van der Waals surface area contributed by atoms with Crippen LogP contribution in [0.15, 0.2) is 72.9 Å². The minimum atomic E-state index is -0.379. The third-order valence-corrected chi connectivity index (χ3v) is 18.5. The molecule has 0 spiro atoms. The van der Waals surface area contributed by atoms with E-state index in [9.17, 15) is 25.2 Å². The zero-order valence-corrected chi connectivity index (χ0v) is 56.6. The van der Waals surface area contributed by atoms with Gasteiger partial charge in [0.25, 0.3) is 0 Å². The Labute approximate surface area is 527 Å². The standard InChI is InChI=1S/C72H134N4O6S2/c1-5-9-13-17-21-23-25-27-29-31-33-35-39-43-50-70(79)66-76(67-71(80)51-44-40-36-34-32-30-28-26-24-22-18-14-10-6-2)54-47-62-83-84-63-60-74-57-55-73(56-58-74)59-61-82-72(81)52-45-46-53-75(64-68(77)48-41-37-19-15-11-7-3)65-69(78)49-42-38-20-16-12-8-4/h9-10,13-14,21-24,27-30,68-71,77-80H,5-8,11-12,15-20,25-26,31-67H2,1-4H3/b13-9-,14-10-,23-21-,24-22-,29-27-,30-28-. The minimum Gasteiger partial charge on any atom is -0.464 e. The molecule has 1 fully saturated rings. The number of piperazine rings is 1. The Kier molecular flexibility index (Phi) is 60.1. The maximum atomic E-state index is 12.7. The number of hydrogen-bond donors (Lipinski definition) is 4. The zero-order valence-electron chi connectivity index (χ0n) is 55.0. The molecule has 0 bridgehead atoms. The molecule has 1 aliphatic heterocycles. The highest BCUT2D eigenvalue weighted by molar-refractivity contribution is 8.76. The van der Waals surface area contributed by atoms with Crippen LogP contribution in [-0.4, -0.2) is 167 Å². The molecule has 1 heterocycles. The van der Waals surface area contributed by atoms with Gasteiger partial charge in [-0.3, -0.25) is 24.4 Å². The van der Waals surface area contributed by atoms with Gasteiger partial charge in [-0.05, 0) is 122 Å². The summed E-state index contributed by atoms with van der Waals surface area (Å²) in [5.41, 5.74) is 0. The predicted octanol–water partition coefficient (Wildman–Crippen LogP) is 17.0. The molecule has 0 radical (unpaired) electrons. The third kappa shape index (κ3) is 55.6. The molecule has 490 valence electrons. The molecular weight excluding hydrogens is 1080 g/mol. The normalized spacial score (nSPS) is 15.5. The molecule has 0 aromatic carbocycles. The average Bonchev–Trinajstić information content (AvgIpc) is 3.51. The van der Waals surface area contributed by atoms with Crippen molar-refractivity contribution in [3.8, 4) is 0 Å². The maximum Gasteiger partial charge on any atom is 0.305 e. The number of carbonyl (C=O) groups is 1. The van der Waals surface area contributed by atoms with Gasteiger partial charge < -0.3 is 25.2 Å². The van der Waals surface area contributed by atoms with Crippen molar-refractivity contribution in [1.82, 2.24) is 19.6 Å². The second kappa shape index (κ2) is 62.9. The minimum absolute atomic E-state index is 0.124. The van der Waals surface area contributed by atoms with Crippen LogP contribution in [0.3, 0.4) is 0 Å². The summed E-state index contributed by atoms with van der Waals surface area (Å²) in [6.45, 7) is 19.3. The van der Waals surface area contributed by atoms with Gasteiger partial charge in [-0.25, -0.2) is 0 Å². The van der Waals surface area contributed by atoms with Gasteiger partial charge >= 0.3 is 5.97 Å². The first-order valence-corrected chi connectivity index (χ1v) is 37.6. The van der Waals surface area contributed by atoms with Crippen molar-refractivity contribution >= 4 is 27.6 Å². The number of ether oxygens (including phenoxy) is 1. The first-order chi connectivity index (χ1) is 41.2. The molecule has 0 saturated carbocycles. The van der Waals surface area contributed by atoms with Gasteiger partial charge in [-0.1, -0.05) is 238 Å². The van der Waals surface area contributed by atoms with Gasteiger partial charge in [0.15, 0.2) is 0 Å². The highest BCUT2D eigenvalue weighted by Gasteiger charge is 2.20. The fraction of sp³-hybridized carbons (Fsp3) is 0.819. The number of carbonyl (C=O) groups excluding carboxylic acids is 1. The van der Waals surface area contributed by atoms with Gasteiger partial charge in [-0.2, -0.15) is 0 Å². The average molecular weight is 1220 g/mol. The molecule has 1 rings (SSSR count).